The number of benzene rings is 1. The number of hydrogen-bond acceptors (Lipinski definition) is 1. The largest absolute Gasteiger partial charge is 0.316 e. The van der Waals surface area contributed by atoms with Gasteiger partial charge in [-0.05, 0) is 49.4 Å². The van der Waals surface area contributed by atoms with E-state index in [1.54, 1.807) is 6.07 Å². The van der Waals surface area contributed by atoms with Crippen molar-refractivity contribution in [2.75, 3.05) is 13.1 Å². The van der Waals surface area contributed by atoms with E-state index in [0.717, 1.165) is 37.4 Å². The van der Waals surface area contributed by atoms with Gasteiger partial charge in [0, 0.05) is 0 Å². The molecule has 0 aromatic heterocycles. The van der Waals surface area contributed by atoms with E-state index in [-0.39, 0.29) is 10.8 Å². The monoisotopic (exact) mass is 297 g/mol. The van der Waals surface area contributed by atoms with E-state index in [2.05, 4.69) is 12.2 Å². The van der Waals surface area contributed by atoms with Gasteiger partial charge in [-0.15, -0.1) is 0 Å². The molecule has 0 radical (unpaired) electrons. The molecule has 1 unspecified atom stereocenters. The number of nitrogens with one attached hydrogen (secondary N) is 1. The summed E-state index contributed by atoms with van der Waals surface area (Å²) in [6.07, 6.45) is 7.18. The molecule has 2 rings (SSSR count). The van der Waals surface area contributed by atoms with Crippen LogP contribution in [0.3, 0.4) is 0 Å². The van der Waals surface area contributed by atoms with E-state index >= 15 is 0 Å². The van der Waals surface area contributed by atoms with Crippen LogP contribution in [-0.4, -0.2) is 13.1 Å². The Morgan fingerprint density at radius 3 is 2.80 bits per heavy atom. The van der Waals surface area contributed by atoms with Crippen molar-refractivity contribution in [2.24, 2.45) is 11.8 Å². The molecular weight excluding hydrogens is 273 g/mol. The Bertz CT molecular complexity index is 415. The van der Waals surface area contributed by atoms with Gasteiger partial charge in [-0.2, -0.15) is 0 Å². The molecule has 112 valence electrons. The first-order valence-electron chi connectivity index (χ1n) is 7.86. The smallest absolute Gasteiger partial charge is 0.144 e. The summed E-state index contributed by atoms with van der Waals surface area (Å²) in [5.41, 5.74) is 0.771. The van der Waals surface area contributed by atoms with Gasteiger partial charge in [-0.25, -0.2) is 4.39 Å². The second-order valence-corrected chi connectivity index (χ2v) is 6.33. The highest BCUT2D eigenvalue weighted by molar-refractivity contribution is 6.30. The molecule has 0 spiro atoms. The number of rotatable bonds is 7. The van der Waals surface area contributed by atoms with Gasteiger partial charge in [0.15, 0.2) is 0 Å². The van der Waals surface area contributed by atoms with Crippen LogP contribution in [0.5, 0.6) is 0 Å². The Balaban J connectivity index is 2.03. The summed E-state index contributed by atoms with van der Waals surface area (Å²) >= 11 is 5.89. The lowest BCUT2D eigenvalue weighted by Gasteiger charge is -2.24. The van der Waals surface area contributed by atoms with Crippen molar-refractivity contribution in [3.05, 3.63) is 34.6 Å². The van der Waals surface area contributed by atoms with Crippen molar-refractivity contribution >= 4 is 11.6 Å². The van der Waals surface area contributed by atoms with Gasteiger partial charge in [0.05, 0.1) is 5.02 Å². The molecule has 0 aliphatic heterocycles. The minimum absolute atomic E-state index is 0.229. The highest BCUT2D eigenvalue weighted by atomic mass is 35.5. The molecule has 0 bridgehead atoms. The molecular formula is C17H25ClFN. The van der Waals surface area contributed by atoms with E-state index in [1.807, 2.05) is 12.1 Å². The zero-order valence-electron chi connectivity index (χ0n) is 12.3. The van der Waals surface area contributed by atoms with E-state index in [9.17, 15) is 4.39 Å². The molecule has 0 saturated heterocycles. The summed E-state index contributed by atoms with van der Waals surface area (Å²) in [5, 5.41) is 3.76. The van der Waals surface area contributed by atoms with Gasteiger partial charge in [0.1, 0.15) is 5.82 Å². The maximum atomic E-state index is 14.1. The number of halogens is 2. The molecule has 1 saturated carbocycles. The minimum atomic E-state index is -0.229. The molecule has 3 heteroatoms. The lowest BCUT2D eigenvalue weighted by atomic mass is 9.85. The lowest BCUT2D eigenvalue weighted by Crippen LogP contribution is -2.29. The van der Waals surface area contributed by atoms with Crippen LogP contribution in [0, 0.1) is 17.7 Å². The highest BCUT2D eigenvalue weighted by Gasteiger charge is 2.25. The van der Waals surface area contributed by atoms with E-state index < -0.39 is 0 Å². The molecule has 1 aliphatic rings. The van der Waals surface area contributed by atoms with Crippen LogP contribution in [0.15, 0.2) is 18.2 Å². The van der Waals surface area contributed by atoms with E-state index in [4.69, 9.17) is 11.6 Å². The maximum Gasteiger partial charge on any atom is 0.144 e. The van der Waals surface area contributed by atoms with Crippen LogP contribution in [0.4, 0.5) is 4.39 Å². The Morgan fingerprint density at radius 2 is 2.10 bits per heavy atom. The molecule has 1 aromatic rings. The molecule has 1 nitrogen and oxygen atoms in total. The van der Waals surface area contributed by atoms with Gasteiger partial charge in [-0.3, -0.25) is 0 Å². The van der Waals surface area contributed by atoms with Gasteiger partial charge in [0.2, 0.25) is 0 Å². The molecule has 0 heterocycles. The first kappa shape index (κ1) is 15.8. The van der Waals surface area contributed by atoms with E-state index in [0.29, 0.717) is 5.92 Å². The normalized spacial score (nSPS) is 17.6. The van der Waals surface area contributed by atoms with Crippen molar-refractivity contribution < 1.29 is 4.39 Å². The Morgan fingerprint density at radius 1 is 1.35 bits per heavy atom. The zero-order chi connectivity index (χ0) is 14.4. The lowest BCUT2D eigenvalue weighted by molar-refractivity contribution is 0.318. The van der Waals surface area contributed by atoms with Gasteiger partial charge in [-0.1, -0.05) is 56.3 Å². The summed E-state index contributed by atoms with van der Waals surface area (Å²) in [4.78, 5) is 0. The first-order chi connectivity index (χ1) is 9.72. The Labute approximate surface area is 126 Å². The van der Waals surface area contributed by atoms with Gasteiger partial charge < -0.3 is 5.32 Å². The predicted molar refractivity (Wildman–Crippen MR) is 83.7 cm³/mol. The van der Waals surface area contributed by atoms with Crippen molar-refractivity contribution in [3.63, 3.8) is 0 Å². The summed E-state index contributed by atoms with van der Waals surface area (Å²) in [6.45, 7) is 4.21. The van der Waals surface area contributed by atoms with Crippen molar-refractivity contribution in [3.8, 4) is 0 Å². The third-order valence-electron chi connectivity index (χ3n) is 4.41. The quantitative estimate of drug-likeness (QED) is 0.711. The molecule has 1 atom stereocenters. The van der Waals surface area contributed by atoms with Gasteiger partial charge in [0.25, 0.3) is 0 Å². The first-order valence-corrected chi connectivity index (χ1v) is 8.23. The van der Waals surface area contributed by atoms with Crippen molar-refractivity contribution in [2.45, 2.75) is 45.4 Å². The van der Waals surface area contributed by atoms with Crippen molar-refractivity contribution in [1.29, 1.82) is 0 Å². The van der Waals surface area contributed by atoms with Crippen LogP contribution < -0.4 is 5.32 Å². The fraction of sp³-hybridized carbons (Fsp3) is 0.647. The summed E-state index contributed by atoms with van der Waals surface area (Å²) in [5.74, 6) is 1.03. The van der Waals surface area contributed by atoms with Crippen molar-refractivity contribution in [1.82, 2.24) is 5.32 Å². The maximum absolute atomic E-state index is 14.1. The van der Waals surface area contributed by atoms with Crippen LogP contribution >= 0.6 is 11.6 Å². The van der Waals surface area contributed by atoms with E-state index in [1.165, 1.54) is 25.7 Å². The fourth-order valence-electron chi connectivity index (χ4n) is 3.29. The average Bonchev–Trinajstić information content (AvgIpc) is 2.96. The average molecular weight is 298 g/mol. The third kappa shape index (κ3) is 4.20. The van der Waals surface area contributed by atoms with Crippen LogP contribution in [-0.2, 0) is 6.42 Å². The van der Waals surface area contributed by atoms with Crippen LogP contribution in [0.1, 0.15) is 44.6 Å². The Kier molecular flexibility index (Phi) is 6.31. The predicted octanol–water partition coefficient (Wildman–Crippen LogP) is 4.83. The van der Waals surface area contributed by atoms with Crippen LogP contribution in [0.2, 0.25) is 5.02 Å². The van der Waals surface area contributed by atoms with Gasteiger partial charge >= 0.3 is 0 Å². The molecule has 20 heavy (non-hydrogen) atoms. The fourth-order valence-corrected chi connectivity index (χ4v) is 3.48. The topological polar surface area (TPSA) is 12.0 Å². The molecule has 0 amide bonds. The SMILES string of the molecule is CCCNCC(Cc1cccc(Cl)c1F)C1CCCC1. The summed E-state index contributed by atoms with van der Waals surface area (Å²) < 4.78 is 14.1. The summed E-state index contributed by atoms with van der Waals surface area (Å²) in [7, 11) is 0. The summed E-state index contributed by atoms with van der Waals surface area (Å²) in [6, 6.07) is 5.36. The minimum Gasteiger partial charge on any atom is -0.316 e. The highest BCUT2D eigenvalue weighted by Crippen LogP contribution is 2.34. The molecule has 1 aromatic carbocycles. The molecule has 1 N–H and O–H groups in total. The molecule has 1 fully saturated rings. The molecule has 1 aliphatic carbocycles. The Hall–Kier alpha value is -0.600. The standard InChI is InChI=1S/C17H25ClFN/c1-2-10-20-12-15(13-6-3-4-7-13)11-14-8-5-9-16(18)17(14)19/h5,8-9,13,15,20H,2-4,6-7,10-12H2,1H3. The second-order valence-electron chi connectivity index (χ2n) is 5.93. The number of hydrogen-bond donors (Lipinski definition) is 1. The van der Waals surface area contributed by atoms with Crippen LogP contribution in [0.25, 0.3) is 0 Å². The zero-order valence-corrected chi connectivity index (χ0v) is 13.1. The second kappa shape index (κ2) is 7.99. The third-order valence-corrected chi connectivity index (χ3v) is 4.71.